The molecule has 1 aliphatic rings. The Balaban J connectivity index is 2.74. The number of nitrogens with one attached hydrogen (secondary N) is 1. The molecule has 2 atom stereocenters. The summed E-state index contributed by atoms with van der Waals surface area (Å²) in [5, 5.41) is 12.2. The van der Waals surface area contributed by atoms with Gasteiger partial charge in [-0.05, 0) is 41.0 Å². The molecule has 120 valence electrons. The van der Waals surface area contributed by atoms with E-state index in [0.29, 0.717) is 12.2 Å². The third kappa shape index (κ3) is 4.46. The molecule has 0 spiro atoms. The van der Waals surface area contributed by atoms with Crippen molar-refractivity contribution in [2.75, 3.05) is 13.2 Å². The summed E-state index contributed by atoms with van der Waals surface area (Å²) in [6.45, 7) is 9.46. The molecular formula is C15H25NO5. The predicted octanol–water partition coefficient (Wildman–Crippen LogP) is 2.34. The fourth-order valence-corrected chi connectivity index (χ4v) is 2.38. The zero-order valence-electron chi connectivity index (χ0n) is 13.4. The first-order chi connectivity index (χ1) is 9.60. The summed E-state index contributed by atoms with van der Waals surface area (Å²) in [5.41, 5.74) is -0.962. The van der Waals surface area contributed by atoms with E-state index in [-0.39, 0.29) is 19.1 Å². The van der Waals surface area contributed by atoms with Crippen LogP contribution in [0, 0.1) is 5.41 Å². The lowest BCUT2D eigenvalue weighted by Crippen LogP contribution is -2.41. The molecule has 0 saturated heterocycles. The number of aliphatic carboxylic acids is 1. The number of hydrogen-bond donors (Lipinski definition) is 2. The fourth-order valence-electron chi connectivity index (χ4n) is 2.38. The third-order valence-electron chi connectivity index (χ3n) is 3.44. The van der Waals surface area contributed by atoms with Crippen LogP contribution in [0.3, 0.4) is 0 Å². The van der Waals surface area contributed by atoms with Crippen molar-refractivity contribution < 1.29 is 24.2 Å². The second-order valence-corrected chi connectivity index (χ2v) is 6.33. The standard InChI is InChI=1S/C15H25NO5/c1-6-20-9-15(12(17)18)8-11(7-10(15)2)16-13(19)21-14(3,4)5/h7,11H,6,8-9H2,1-5H3,(H,16,19)(H,17,18). The Hall–Kier alpha value is -1.56. The van der Waals surface area contributed by atoms with Gasteiger partial charge >= 0.3 is 12.1 Å². The topological polar surface area (TPSA) is 84.9 Å². The number of carbonyl (C=O) groups excluding carboxylic acids is 1. The molecule has 0 bridgehead atoms. The van der Waals surface area contributed by atoms with Gasteiger partial charge in [-0.15, -0.1) is 0 Å². The molecule has 1 amide bonds. The van der Waals surface area contributed by atoms with Gasteiger partial charge in [0.1, 0.15) is 11.0 Å². The molecule has 0 radical (unpaired) electrons. The maximum absolute atomic E-state index is 11.8. The average molecular weight is 299 g/mol. The van der Waals surface area contributed by atoms with Crippen LogP contribution in [-0.2, 0) is 14.3 Å². The van der Waals surface area contributed by atoms with Crippen molar-refractivity contribution in [3.63, 3.8) is 0 Å². The monoisotopic (exact) mass is 299 g/mol. The van der Waals surface area contributed by atoms with E-state index in [2.05, 4.69) is 5.32 Å². The van der Waals surface area contributed by atoms with Gasteiger partial charge in [0.25, 0.3) is 0 Å². The summed E-state index contributed by atoms with van der Waals surface area (Å²) >= 11 is 0. The van der Waals surface area contributed by atoms with Crippen molar-refractivity contribution in [3.05, 3.63) is 11.6 Å². The summed E-state index contributed by atoms with van der Waals surface area (Å²) in [6, 6.07) is -0.364. The van der Waals surface area contributed by atoms with E-state index in [0.717, 1.165) is 0 Å². The molecular weight excluding hydrogens is 274 g/mol. The number of carboxylic acid groups (broad SMARTS) is 1. The quantitative estimate of drug-likeness (QED) is 0.761. The van der Waals surface area contributed by atoms with E-state index in [1.165, 1.54) is 0 Å². The second-order valence-electron chi connectivity index (χ2n) is 6.33. The Bertz CT molecular complexity index is 438. The molecule has 1 rings (SSSR count). The molecule has 0 aliphatic heterocycles. The van der Waals surface area contributed by atoms with Crippen LogP contribution in [-0.4, -0.2) is 42.0 Å². The molecule has 0 aromatic carbocycles. The third-order valence-corrected chi connectivity index (χ3v) is 3.44. The maximum atomic E-state index is 11.8. The lowest BCUT2D eigenvalue weighted by atomic mass is 9.82. The smallest absolute Gasteiger partial charge is 0.408 e. The minimum Gasteiger partial charge on any atom is -0.481 e. The normalized spacial score (nSPS) is 25.4. The van der Waals surface area contributed by atoms with Gasteiger partial charge in [-0.25, -0.2) is 4.79 Å². The highest BCUT2D eigenvalue weighted by Gasteiger charge is 2.46. The molecule has 0 heterocycles. The SMILES string of the molecule is CCOCC1(C(=O)O)CC(NC(=O)OC(C)(C)C)C=C1C. The van der Waals surface area contributed by atoms with Crippen LogP contribution in [0.1, 0.15) is 41.0 Å². The number of carboxylic acids is 1. The Morgan fingerprint density at radius 1 is 1.48 bits per heavy atom. The van der Waals surface area contributed by atoms with Gasteiger partial charge in [0.2, 0.25) is 0 Å². The van der Waals surface area contributed by atoms with Gasteiger partial charge in [-0.3, -0.25) is 4.79 Å². The number of hydrogen-bond acceptors (Lipinski definition) is 4. The Kier molecular flexibility index (Phi) is 5.39. The molecule has 2 N–H and O–H groups in total. The van der Waals surface area contributed by atoms with Gasteiger partial charge in [-0.2, -0.15) is 0 Å². The first-order valence-electron chi connectivity index (χ1n) is 7.10. The van der Waals surface area contributed by atoms with E-state index in [4.69, 9.17) is 9.47 Å². The van der Waals surface area contributed by atoms with Crippen molar-refractivity contribution in [1.29, 1.82) is 0 Å². The van der Waals surface area contributed by atoms with Gasteiger partial charge in [-0.1, -0.05) is 11.6 Å². The van der Waals surface area contributed by atoms with Gasteiger partial charge in [0.05, 0.1) is 12.6 Å². The molecule has 0 aromatic heterocycles. The average Bonchev–Trinajstić information content (AvgIpc) is 2.61. The zero-order chi connectivity index (χ0) is 16.3. The lowest BCUT2D eigenvalue weighted by Gasteiger charge is -2.27. The van der Waals surface area contributed by atoms with Gasteiger partial charge in [0, 0.05) is 6.61 Å². The van der Waals surface area contributed by atoms with E-state index in [1.54, 1.807) is 33.8 Å². The van der Waals surface area contributed by atoms with Crippen molar-refractivity contribution in [2.24, 2.45) is 5.41 Å². The number of carbonyl (C=O) groups is 2. The summed E-state index contributed by atoms with van der Waals surface area (Å²) in [5.74, 6) is -0.932. The van der Waals surface area contributed by atoms with E-state index in [9.17, 15) is 14.7 Å². The highest BCUT2D eigenvalue weighted by atomic mass is 16.6. The van der Waals surface area contributed by atoms with Crippen LogP contribution in [0.25, 0.3) is 0 Å². The Morgan fingerprint density at radius 2 is 2.10 bits per heavy atom. The van der Waals surface area contributed by atoms with Crippen LogP contribution < -0.4 is 5.32 Å². The van der Waals surface area contributed by atoms with Gasteiger partial charge in [0.15, 0.2) is 0 Å². The van der Waals surface area contributed by atoms with Crippen molar-refractivity contribution in [3.8, 4) is 0 Å². The van der Waals surface area contributed by atoms with Crippen molar-refractivity contribution >= 4 is 12.1 Å². The maximum Gasteiger partial charge on any atom is 0.408 e. The summed E-state index contributed by atoms with van der Waals surface area (Å²) in [4.78, 5) is 23.4. The first-order valence-corrected chi connectivity index (χ1v) is 7.10. The second kappa shape index (κ2) is 6.47. The molecule has 0 saturated carbocycles. The number of alkyl carbamates (subject to hydrolysis) is 1. The molecule has 0 fully saturated rings. The van der Waals surface area contributed by atoms with Crippen LogP contribution in [0.2, 0.25) is 0 Å². The minimum atomic E-state index is -1.07. The first kappa shape index (κ1) is 17.5. The number of ether oxygens (including phenoxy) is 2. The highest BCUT2D eigenvalue weighted by Crippen LogP contribution is 2.39. The van der Waals surface area contributed by atoms with E-state index >= 15 is 0 Å². The van der Waals surface area contributed by atoms with Crippen LogP contribution in [0.4, 0.5) is 4.79 Å². The molecule has 6 nitrogen and oxygen atoms in total. The van der Waals surface area contributed by atoms with Crippen molar-refractivity contribution in [1.82, 2.24) is 5.32 Å². The summed E-state index contributed by atoms with van der Waals surface area (Å²) in [6.07, 6.45) is 1.49. The van der Waals surface area contributed by atoms with Crippen LogP contribution in [0.15, 0.2) is 11.6 Å². The number of rotatable bonds is 5. The Labute approximate surface area is 125 Å². The molecule has 21 heavy (non-hydrogen) atoms. The van der Waals surface area contributed by atoms with Crippen molar-refractivity contribution in [2.45, 2.75) is 52.7 Å². The predicted molar refractivity (Wildman–Crippen MR) is 78.1 cm³/mol. The molecule has 0 aromatic rings. The molecule has 6 heteroatoms. The number of amides is 1. The molecule has 2 unspecified atom stereocenters. The highest BCUT2D eigenvalue weighted by molar-refractivity contribution is 5.80. The largest absolute Gasteiger partial charge is 0.481 e. The summed E-state index contributed by atoms with van der Waals surface area (Å²) in [7, 11) is 0. The van der Waals surface area contributed by atoms with Crippen LogP contribution in [0.5, 0.6) is 0 Å². The summed E-state index contributed by atoms with van der Waals surface area (Å²) < 4.78 is 10.5. The van der Waals surface area contributed by atoms with Crippen LogP contribution >= 0.6 is 0 Å². The lowest BCUT2D eigenvalue weighted by molar-refractivity contribution is -0.150. The zero-order valence-corrected chi connectivity index (χ0v) is 13.4. The Morgan fingerprint density at radius 3 is 2.57 bits per heavy atom. The minimum absolute atomic E-state index is 0.105. The van der Waals surface area contributed by atoms with E-state index in [1.807, 2.05) is 6.92 Å². The fraction of sp³-hybridized carbons (Fsp3) is 0.733. The van der Waals surface area contributed by atoms with Gasteiger partial charge < -0.3 is 19.9 Å². The van der Waals surface area contributed by atoms with E-state index < -0.39 is 23.1 Å². The molecule has 1 aliphatic carbocycles.